The van der Waals surface area contributed by atoms with E-state index in [9.17, 15) is 10.1 Å². The first-order valence-electron chi connectivity index (χ1n) is 8.80. The maximum absolute atomic E-state index is 12.4. The Morgan fingerprint density at radius 2 is 2.26 bits per heavy atom. The molecule has 1 amide bonds. The van der Waals surface area contributed by atoms with Gasteiger partial charge in [-0.2, -0.15) is 5.26 Å². The van der Waals surface area contributed by atoms with Crippen molar-refractivity contribution in [1.29, 1.82) is 5.26 Å². The summed E-state index contributed by atoms with van der Waals surface area (Å²) in [4.78, 5) is 12.4. The number of hydrogen-bond donors (Lipinski definition) is 1. The van der Waals surface area contributed by atoms with E-state index in [2.05, 4.69) is 15.5 Å². The Balaban J connectivity index is 1.65. The quantitative estimate of drug-likeness (QED) is 0.577. The molecule has 1 atom stereocenters. The van der Waals surface area contributed by atoms with E-state index in [0.29, 0.717) is 11.7 Å². The molecule has 3 rings (SSSR count). The van der Waals surface area contributed by atoms with Crippen LogP contribution >= 0.6 is 11.3 Å². The van der Waals surface area contributed by atoms with Crippen molar-refractivity contribution in [2.75, 3.05) is 18.5 Å². The second-order valence-electron chi connectivity index (χ2n) is 5.99. The topological polar surface area (TPSA) is 97.1 Å². The molecule has 1 aliphatic rings. The number of amides is 1. The lowest BCUT2D eigenvalue weighted by molar-refractivity contribution is -0.112. The molecule has 1 N–H and O–H groups in total. The van der Waals surface area contributed by atoms with E-state index in [0.717, 1.165) is 42.2 Å². The molecule has 1 aromatic heterocycles. The molecule has 27 heavy (non-hydrogen) atoms. The Morgan fingerprint density at radius 3 is 2.93 bits per heavy atom. The van der Waals surface area contributed by atoms with Gasteiger partial charge in [-0.05, 0) is 43.0 Å². The highest BCUT2D eigenvalue weighted by Crippen LogP contribution is 2.32. The third-order valence-electron chi connectivity index (χ3n) is 3.90. The molecule has 1 fully saturated rings. The van der Waals surface area contributed by atoms with Gasteiger partial charge in [-0.25, -0.2) is 0 Å². The minimum absolute atomic E-state index is 0.00825. The lowest BCUT2D eigenvalue weighted by atomic mass is 10.1. The van der Waals surface area contributed by atoms with Crippen LogP contribution in [0.15, 0.2) is 29.8 Å². The second kappa shape index (κ2) is 9.26. The number of benzene rings is 1. The fraction of sp³-hybridized carbons (Fsp3) is 0.368. The summed E-state index contributed by atoms with van der Waals surface area (Å²) >= 11 is 1.27. The normalized spacial score (nSPS) is 16.7. The Kier molecular flexibility index (Phi) is 6.52. The molecule has 140 valence electrons. The summed E-state index contributed by atoms with van der Waals surface area (Å²) < 4.78 is 11.1. The van der Waals surface area contributed by atoms with E-state index in [1.54, 1.807) is 12.1 Å². The van der Waals surface area contributed by atoms with Gasteiger partial charge in [0.05, 0.1) is 6.61 Å². The van der Waals surface area contributed by atoms with Crippen LogP contribution < -0.4 is 10.1 Å². The molecular formula is C19H20N4O3S. The SMILES string of the molecule is CCCOc1ccc(/C=C(/C#N)C(=O)Nc2nnc(C3CCCO3)s2)cc1. The van der Waals surface area contributed by atoms with Gasteiger partial charge < -0.3 is 9.47 Å². The lowest BCUT2D eigenvalue weighted by Gasteiger charge is -2.04. The van der Waals surface area contributed by atoms with Crippen molar-refractivity contribution < 1.29 is 14.3 Å². The van der Waals surface area contributed by atoms with Crippen LogP contribution in [-0.4, -0.2) is 29.3 Å². The summed E-state index contributed by atoms with van der Waals surface area (Å²) in [5.74, 6) is 0.242. The molecule has 0 aliphatic carbocycles. The van der Waals surface area contributed by atoms with E-state index in [1.807, 2.05) is 25.1 Å². The average Bonchev–Trinajstić information content (AvgIpc) is 3.37. The maximum atomic E-state index is 12.4. The number of rotatable bonds is 7. The zero-order valence-electron chi connectivity index (χ0n) is 15.0. The molecule has 1 saturated heterocycles. The van der Waals surface area contributed by atoms with Crippen LogP contribution in [0.5, 0.6) is 5.75 Å². The van der Waals surface area contributed by atoms with Crippen LogP contribution in [-0.2, 0) is 9.53 Å². The van der Waals surface area contributed by atoms with Gasteiger partial charge >= 0.3 is 0 Å². The van der Waals surface area contributed by atoms with E-state index >= 15 is 0 Å². The highest BCUT2D eigenvalue weighted by molar-refractivity contribution is 7.15. The number of carbonyl (C=O) groups is 1. The molecule has 0 bridgehead atoms. The Morgan fingerprint density at radius 1 is 1.44 bits per heavy atom. The number of nitrogens with one attached hydrogen (secondary N) is 1. The first kappa shape index (κ1) is 19.0. The Labute approximate surface area is 161 Å². The van der Waals surface area contributed by atoms with Crippen LogP contribution in [0.3, 0.4) is 0 Å². The standard InChI is InChI=1S/C19H20N4O3S/c1-2-9-25-15-7-5-13(6-8-15)11-14(12-20)17(24)21-19-23-22-18(27-19)16-4-3-10-26-16/h5-8,11,16H,2-4,9-10H2,1H3,(H,21,23,24)/b14-11-. The van der Waals surface area contributed by atoms with Crippen molar-refractivity contribution in [3.63, 3.8) is 0 Å². The Bertz CT molecular complexity index is 849. The van der Waals surface area contributed by atoms with E-state index < -0.39 is 5.91 Å². The van der Waals surface area contributed by atoms with Crippen LogP contribution in [0.1, 0.15) is 42.9 Å². The maximum Gasteiger partial charge on any atom is 0.268 e. The highest BCUT2D eigenvalue weighted by atomic mass is 32.1. The summed E-state index contributed by atoms with van der Waals surface area (Å²) in [7, 11) is 0. The van der Waals surface area contributed by atoms with Crippen LogP contribution in [0.2, 0.25) is 0 Å². The van der Waals surface area contributed by atoms with Gasteiger partial charge in [0.1, 0.15) is 28.5 Å². The number of carbonyl (C=O) groups excluding carboxylic acids is 1. The summed E-state index contributed by atoms with van der Waals surface area (Å²) in [5.41, 5.74) is 0.731. The molecule has 1 aliphatic heterocycles. The number of nitrogens with zero attached hydrogens (tertiary/aromatic N) is 3. The summed E-state index contributed by atoms with van der Waals surface area (Å²) in [5, 5.41) is 21.1. The number of hydrogen-bond acceptors (Lipinski definition) is 7. The van der Waals surface area contributed by atoms with Gasteiger partial charge in [-0.1, -0.05) is 30.4 Å². The average molecular weight is 384 g/mol. The predicted molar refractivity (Wildman–Crippen MR) is 102 cm³/mol. The van der Waals surface area contributed by atoms with Crippen molar-refractivity contribution in [2.24, 2.45) is 0 Å². The van der Waals surface area contributed by atoms with Crippen molar-refractivity contribution in [3.05, 3.63) is 40.4 Å². The summed E-state index contributed by atoms with van der Waals surface area (Å²) in [6.45, 7) is 3.41. The minimum atomic E-state index is -0.515. The van der Waals surface area contributed by atoms with Crippen molar-refractivity contribution >= 4 is 28.5 Å². The molecule has 0 saturated carbocycles. The predicted octanol–water partition coefficient (Wildman–Crippen LogP) is 3.72. The first-order valence-corrected chi connectivity index (χ1v) is 9.62. The zero-order valence-corrected chi connectivity index (χ0v) is 15.8. The first-order chi connectivity index (χ1) is 13.2. The van der Waals surface area contributed by atoms with Gasteiger partial charge in [-0.15, -0.1) is 10.2 Å². The monoisotopic (exact) mass is 384 g/mol. The van der Waals surface area contributed by atoms with Crippen molar-refractivity contribution in [2.45, 2.75) is 32.3 Å². The summed E-state index contributed by atoms with van der Waals surface area (Å²) in [6.07, 6.45) is 4.31. The van der Waals surface area contributed by atoms with E-state index in [4.69, 9.17) is 9.47 Å². The van der Waals surface area contributed by atoms with Gasteiger partial charge in [0.2, 0.25) is 5.13 Å². The van der Waals surface area contributed by atoms with Crippen LogP contribution in [0, 0.1) is 11.3 Å². The number of aromatic nitrogens is 2. The molecule has 0 spiro atoms. The van der Waals surface area contributed by atoms with Crippen LogP contribution in [0.25, 0.3) is 6.08 Å². The smallest absolute Gasteiger partial charge is 0.268 e. The van der Waals surface area contributed by atoms with Gasteiger partial charge in [0.25, 0.3) is 5.91 Å². The third-order valence-corrected chi connectivity index (χ3v) is 4.83. The molecule has 1 aromatic carbocycles. The van der Waals surface area contributed by atoms with E-state index in [1.165, 1.54) is 17.4 Å². The molecule has 0 radical (unpaired) electrons. The molecular weight excluding hydrogens is 364 g/mol. The molecule has 8 heteroatoms. The Hall–Kier alpha value is -2.76. The fourth-order valence-corrected chi connectivity index (χ4v) is 3.37. The summed E-state index contributed by atoms with van der Waals surface area (Å²) in [6, 6.07) is 9.16. The van der Waals surface area contributed by atoms with Gasteiger partial charge in [-0.3, -0.25) is 10.1 Å². The van der Waals surface area contributed by atoms with Gasteiger partial charge in [0, 0.05) is 6.61 Å². The minimum Gasteiger partial charge on any atom is -0.494 e. The van der Waals surface area contributed by atoms with Crippen LogP contribution in [0.4, 0.5) is 5.13 Å². The highest BCUT2D eigenvalue weighted by Gasteiger charge is 2.22. The third kappa shape index (κ3) is 5.12. The fourth-order valence-electron chi connectivity index (χ4n) is 2.55. The van der Waals surface area contributed by atoms with Crippen molar-refractivity contribution in [3.8, 4) is 11.8 Å². The zero-order chi connectivity index (χ0) is 19.1. The van der Waals surface area contributed by atoms with Gasteiger partial charge in [0.15, 0.2) is 0 Å². The number of anilines is 1. The number of ether oxygens (including phenoxy) is 2. The number of nitriles is 1. The second-order valence-corrected chi connectivity index (χ2v) is 7.00. The molecule has 2 heterocycles. The van der Waals surface area contributed by atoms with Crippen molar-refractivity contribution in [1.82, 2.24) is 10.2 Å². The molecule has 1 unspecified atom stereocenters. The van der Waals surface area contributed by atoms with E-state index in [-0.39, 0.29) is 11.7 Å². The molecule has 7 nitrogen and oxygen atoms in total. The largest absolute Gasteiger partial charge is 0.494 e. The molecule has 2 aromatic rings. The lowest BCUT2D eigenvalue weighted by Crippen LogP contribution is -2.13.